The Morgan fingerprint density at radius 3 is 0.841 bits per heavy atom. The summed E-state index contributed by atoms with van der Waals surface area (Å²) in [6.07, 6.45) is 11.0. The largest absolute Gasteiger partial charge is 0.507 e. The first-order valence-corrected chi connectivity index (χ1v) is 28.8. The van der Waals surface area contributed by atoms with Crippen LogP contribution in [0, 0.1) is 5.92 Å². The van der Waals surface area contributed by atoms with E-state index in [0.29, 0.717) is 83.0 Å². The van der Waals surface area contributed by atoms with E-state index in [-0.39, 0.29) is 104 Å². The lowest BCUT2D eigenvalue weighted by Crippen LogP contribution is -2.28. The third-order valence-corrected chi connectivity index (χ3v) is 14.7. The van der Waals surface area contributed by atoms with Crippen molar-refractivity contribution in [1.82, 2.24) is 0 Å². The Morgan fingerprint density at radius 1 is 0.378 bits per heavy atom. The maximum Gasteiger partial charge on any atom is 0.311 e. The van der Waals surface area contributed by atoms with Gasteiger partial charge in [0, 0.05) is 95.0 Å². The van der Waals surface area contributed by atoms with Gasteiger partial charge in [0.1, 0.15) is 46.0 Å². The molecule has 444 valence electrons. The van der Waals surface area contributed by atoms with Crippen molar-refractivity contribution in [3.05, 3.63) is 93.0 Å². The molecule has 0 unspecified atom stereocenters. The molecule has 16 nitrogen and oxygen atoms in total. The first-order valence-electron chi connectivity index (χ1n) is 28.8. The molecule has 1 aliphatic heterocycles. The summed E-state index contributed by atoms with van der Waals surface area (Å²) in [6, 6.07) is 12.9. The number of carbonyl (C=O) groups excluding carboxylic acids is 4. The van der Waals surface area contributed by atoms with Gasteiger partial charge >= 0.3 is 23.9 Å². The van der Waals surface area contributed by atoms with Crippen LogP contribution in [0.1, 0.15) is 212 Å². The zero-order valence-corrected chi connectivity index (χ0v) is 50.7. The molecule has 1 heterocycles. The number of phenols is 4. The second-order valence-electron chi connectivity index (χ2n) is 24.8. The molecule has 0 aromatic heterocycles. The molecule has 4 N–H and O–H groups in total. The normalized spacial score (nSPS) is 16.1. The Kier molecular flexibility index (Phi) is 23.2. The highest BCUT2D eigenvalue weighted by Gasteiger charge is 2.33. The Balaban J connectivity index is 1.40. The van der Waals surface area contributed by atoms with Gasteiger partial charge in [0.25, 0.3) is 0 Å². The van der Waals surface area contributed by atoms with Crippen LogP contribution in [0.3, 0.4) is 0 Å². The number of hydrogen-bond donors (Lipinski definition) is 4. The molecule has 16 heteroatoms. The zero-order chi connectivity index (χ0) is 60.6. The number of ether oxygens (including phenoxy) is 4. The Bertz CT molecular complexity index is 3020. The molecule has 8 bridgehead atoms. The molecule has 1 aliphatic rings. The van der Waals surface area contributed by atoms with Crippen LogP contribution in [-0.4, -0.2) is 95.3 Å². The third kappa shape index (κ3) is 18.8. The van der Waals surface area contributed by atoms with Crippen molar-refractivity contribution in [3.8, 4) is 46.0 Å². The van der Waals surface area contributed by atoms with Crippen molar-refractivity contribution >= 4 is 48.7 Å². The minimum Gasteiger partial charge on any atom is -0.507 e. The molecule has 0 aliphatic carbocycles. The van der Waals surface area contributed by atoms with Crippen molar-refractivity contribution in [3.63, 3.8) is 0 Å². The van der Waals surface area contributed by atoms with Gasteiger partial charge in [-0.15, -0.1) is 0 Å². The van der Waals surface area contributed by atoms with Crippen LogP contribution in [0.5, 0.6) is 46.0 Å². The number of rotatable bonds is 4. The SMILES string of the molecule is CCC(CC)C(C)(C)c1cc2cc(c1O)C=NCCN=Cc1cc(cc(C(C)(C)C)c1O)OC(=O)CCCCCC(=O)Oc1cc(c(O)c(C(C)(C)C)c1)C=NCCN=Cc1cc(cc(C(C)(C)C)c1O)OC(=O)CCCCCC(=O)O2. The summed E-state index contributed by atoms with van der Waals surface area (Å²) in [5.74, 6) is -0.572. The summed E-state index contributed by atoms with van der Waals surface area (Å²) in [5, 5.41) is 45.7. The molecule has 0 saturated heterocycles. The van der Waals surface area contributed by atoms with E-state index in [2.05, 4.69) is 47.7 Å². The fraction of sp³-hybridized carbons (Fsp3) is 0.515. The van der Waals surface area contributed by atoms with Gasteiger partial charge in [-0.1, -0.05) is 116 Å². The van der Waals surface area contributed by atoms with Crippen LogP contribution in [0.25, 0.3) is 0 Å². The van der Waals surface area contributed by atoms with Gasteiger partial charge < -0.3 is 39.4 Å². The molecule has 4 aromatic rings. The number of carbonyl (C=O) groups is 4. The van der Waals surface area contributed by atoms with E-state index < -0.39 is 45.5 Å². The lowest BCUT2D eigenvalue weighted by Gasteiger charge is -2.35. The molecular formula is C66H88N4O12. The second-order valence-corrected chi connectivity index (χ2v) is 24.8. The number of aliphatic imine (C=N–C) groups is 4. The van der Waals surface area contributed by atoms with Crippen LogP contribution in [-0.2, 0) is 40.8 Å². The van der Waals surface area contributed by atoms with Gasteiger partial charge in [0.05, 0.1) is 26.2 Å². The monoisotopic (exact) mass is 1130 g/mol. The summed E-state index contributed by atoms with van der Waals surface area (Å²) in [4.78, 5) is 70.9. The highest BCUT2D eigenvalue weighted by Crippen LogP contribution is 2.44. The van der Waals surface area contributed by atoms with E-state index >= 15 is 0 Å². The van der Waals surface area contributed by atoms with E-state index in [0.717, 1.165) is 12.8 Å². The van der Waals surface area contributed by atoms with Gasteiger partial charge in [-0.2, -0.15) is 0 Å². The zero-order valence-electron chi connectivity index (χ0n) is 50.7. The Hall–Kier alpha value is -7.36. The molecule has 0 radical (unpaired) electrons. The highest BCUT2D eigenvalue weighted by molar-refractivity contribution is 5.89. The number of benzene rings is 4. The van der Waals surface area contributed by atoms with E-state index in [1.54, 1.807) is 48.5 Å². The van der Waals surface area contributed by atoms with Gasteiger partial charge in [0.2, 0.25) is 0 Å². The molecule has 82 heavy (non-hydrogen) atoms. The number of esters is 4. The molecule has 0 saturated carbocycles. The summed E-state index contributed by atoms with van der Waals surface area (Å²) in [5.41, 5.74) is 1.73. The Labute approximate surface area is 485 Å². The fourth-order valence-electron chi connectivity index (χ4n) is 9.93. The minimum atomic E-state index is -0.514. The van der Waals surface area contributed by atoms with Crippen LogP contribution >= 0.6 is 0 Å². The van der Waals surface area contributed by atoms with Crippen LogP contribution < -0.4 is 18.9 Å². The van der Waals surface area contributed by atoms with E-state index in [9.17, 15) is 39.6 Å². The molecule has 0 amide bonds. The lowest BCUT2D eigenvalue weighted by atomic mass is 9.70. The first kappa shape index (κ1) is 65.5. The van der Waals surface area contributed by atoms with Crippen molar-refractivity contribution in [2.45, 2.75) is 189 Å². The van der Waals surface area contributed by atoms with Crippen LogP contribution in [0.15, 0.2) is 68.5 Å². The van der Waals surface area contributed by atoms with Crippen molar-refractivity contribution in [2.24, 2.45) is 25.9 Å². The van der Waals surface area contributed by atoms with E-state index in [1.807, 2.05) is 62.3 Å². The number of nitrogens with zero attached hydrogens (tertiary/aromatic N) is 4. The van der Waals surface area contributed by atoms with Crippen molar-refractivity contribution in [1.29, 1.82) is 0 Å². The van der Waals surface area contributed by atoms with E-state index in [4.69, 9.17) is 18.9 Å². The summed E-state index contributed by atoms with van der Waals surface area (Å²) < 4.78 is 23.3. The summed E-state index contributed by atoms with van der Waals surface area (Å²) in [6.45, 7) is 26.6. The standard InChI is InChI=1S/C66H88N4O12/c1-14-46(15-2)66(12,13)54-37-50-33-45(62(54)78)41-70-29-28-69-40-44-32-49(36-53(61(44)77)65(9,10)11)80-56(72)23-19-16-18-22-55(71)79-47-30-42(59(75)51(34-47)63(3,4)5)38-67-26-27-68-39-43-31-48(35-52(60(43)76)64(6,7)8)81-57(73)24-20-17-21-25-58(74)82-50/h30-41,46,75-78H,14-29H2,1-13H3. The molecule has 0 spiro atoms. The van der Waals surface area contributed by atoms with Gasteiger partial charge in [-0.3, -0.25) is 39.1 Å². The number of aromatic hydroxyl groups is 4. The van der Waals surface area contributed by atoms with Gasteiger partial charge in [-0.05, 0) is 102 Å². The maximum atomic E-state index is 13.3. The third-order valence-electron chi connectivity index (χ3n) is 14.7. The van der Waals surface area contributed by atoms with E-state index in [1.165, 1.54) is 24.9 Å². The molecular weight excluding hydrogens is 1040 g/mol. The van der Waals surface area contributed by atoms with Gasteiger partial charge in [0.15, 0.2) is 0 Å². The molecule has 4 aromatic carbocycles. The first-order chi connectivity index (χ1) is 38.5. The smallest absolute Gasteiger partial charge is 0.311 e. The fourth-order valence-corrected chi connectivity index (χ4v) is 9.93. The quantitative estimate of drug-likeness (QED) is 0.110. The lowest BCUT2D eigenvalue weighted by molar-refractivity contribution is -0.136. The van der Waals surface area contributed by atoms with Crippen molar-refractivity contribution in [2.75, 3.05) is 26.2 Å². The Morgan fingerprint density at radius 2 is 0.610 bits per heavy atom. The predicted molar refractivity (Wildman–Crippen MR) is 324 cm³/mol. The highest BCUT2D eigenvalue weighted by atomic mass is 16.5. The second kappa shape index (κ2) is 29.1. The van der Waals surface area contributed by atoms with Gasteiger partial charge in [-0.25, -0.2) is 0 Å². The predicted octanol–water partition coefficient (Wildman–Crippen LogP) is 13.4. The number of fused-ring (bicyclic) bond motifs is 8. The molecule has 0 atom stereocenters. The molecule has 5 rings (SSSR count). The topological polar surface area (TPSA) is 236 Å². The molecule has 0 fully saturated rings. The summed E-state index contributed by atoms with van der Waals surface area (Å²) in [7, 11) is 0. The van der Waals surface area contributed by atoms with Crippen molar-refractivity contribution < 1.29 is 58.6 Å². The minimum absolute atomic E-state index is 0.00445. The number of phenolic OH excluding ortho intramolecular Hbond substituents is 4. The van der Waals surface area contributed by atoms with Crippen LogP contribution in [0.4, 0.5) is 0 Å². The average molecular weight is 1130 g/mol. The maximum absolute atomic E-state index is 13.3. The average Bonchev–Trinajstić information content (AvgIpc) is 3.13. The number of hydrogen-bond acceptors (Lipinski definition) is 16. The summed E-state index contributed by atoms with van der Waals surface area (Å²) >= 11 is 0. The van der Waals surface area contributed by atoms with Crippen LogP contribution in [0.2, 0.25) is 0 Å².